The number of hydrogen-bond acceptors (Lipinski definition) is 3. The molecule has 0 bridgehead atoms. The highest BCUT2D eigenvalue weighted by Gasteiger charge is 2.29. The van der Waals surface area contributed by atoms with Crippen LogP contribution in [0, 0.1) is 6.92 Å². The lowest BCUT2D eigenvalue weighted by molar-refractivity contribution is -0.133. The fraction of sp³-hybridized carbons (Fsp3) is 0.375. The maximum atomic E-state index is 12.7. The van der Waals surface area contributed by atoms with E-state index in [0.717, 1.165) is 30.0 Å². The molecular formula is C16H20Cl2N4O. The van der Waals surface area contributed by atoms with E-state index >= 15 is 0 Å². The molecule has 1 atom stereocenters. The number of halogens is 2. The van der Waals surface area contributed by atoms with Crippen molar-refractivity contribution >= 4 is 29.9 Å². The van der Waals surface area contributed by atoms with Gasteiger partial charge in [0.1, 0.15) is 0 Å². The van der Waals surface area contributed by atoms with Gasteiger partial charge in [0.15, 0.2) is 0 Å². The second kappa shape index (κ2) is 7.81. The highest BCUT2D eigenvalue weighted by Crippen LogP contribution is 2.28. The van der Waals surface area contributed by atoms with E-state index in [1.165, 1.54) is 0 Å². The molecule has 1 fully saturated rings. The van der Waals surface area contributed by atoms with Gasteiger partial charge < -0.3 is 10.2 Å². The molecule has 124 valence electrons. The molecule has 3 rings (SSSR count). The zero-order valence-corrected chi connectivity index (χ0v) is 14.5. The number of piperazine rings is 1. The minimum absolute atomic E-state index is 0. The van der Waals surface area contributed by atoms with E-state index < -0.39 is 0 Å². The molecule has 2 aromatic rings. The molecular weight excluding hydrogens is 335 g/mol. The fourth-order valence-corrected chi connectivity index (χ4v) is 3.11. The quantitative estimate of drug-likeness (QED) is 0.890. The summed E-state index contributed by atoms with van der Waals surface area (Å²) in [7, 11) is 0. The molecule has 1 saturated heterocycles. The summed E-state index contributed by atoms with van der Waals surface area (Å²) >= 11 is 6.31. The van der Waals surface area contributed by atoms with Gasteiger partial charge in [-0.05, 0) is 24.6 Å². The summed E-state index contributed by atoms with van der Waals surface area (Å²) in [6, 6.07) is 9.58. The number of amides is 1. The van der Waals surface area contributed by atoms with Crippen LogP contribution in [0.4, 0.5) is 0 Å². The Morgan fingerprint density at radius 2 is 2.22 bits per heavy atom. The largest absolute Gasteiger partial charge is 0.333 e. The van der Waals surface area contributed by atoms with Crippen molar-refractivity contribution in [1.29, 1.82) is 0 Å². The molecule has 0 aliphatic carbocycles. The van der Waals surface area contributed by atoms with Gasteiger partial charge in [-0.25, -0.2) is 0 Å². The van der Waals surface area contributed by atoms with Gasteiger partial charge in [0.05, 0.1) is 18.2 Å². The number of aryl methyl sites for hydroxylation is 1. The smallest absolute Gasteiger partial charge is 0.229 e. The fourth-order valence-electron chi connectivity index (χ4n) is 2.85. The lowest BCUT2D eigenvalue weighted by Crippen LogP contribution is -2.49. The molecule has 0 saturated carbocycles. The number of carbonyl (C=O) groups is 1. The second-order valence-corrected chi connectivity index (χ2v) is 5.95. The summed E-state index contributed by atoms with van der Waals surface area (Å²) in [5, 5.41) is 11.1. The van der Waals surface area contributed by atoms with Crippen LogP contribution in [0.2, 0.25) is 5.02 Å². The monoisotopic (exact) mass is 354 g/mol. The number of rotatable bonds is 3. The van der Waals surface area contributed by atoms with Crippen molar-refractivity contribution in [2.45, 2.75) is 19.4 Å². The molecule has 5 nitrogen and oxygen atoms in total. The second-order valence-electron chi connectivity index (χ2n) is 5.55. The Bertz CT molecular complexity index is 674. The van der Waals surface area contributed by atoms with Gasteiger partial charge in [0.25, 0.3) is 0 Å². The number of aromatic amines is 1. The number of aromatic nitrogens is 2. The van der Waals surface area contributed by atoms with Crippen LogP contribution in [0.25, 0.3) is 0 Å². The van der Waals surface area contributed by atoms with Crippen molar-refractivity contribution < 1.29 is 4.79 Å². The molecule has 0 spiro atoms. The molecule has 1 aromatic heterocycles. The summed E-state index contributed by atoms with van der Waals surface area (Å²) < 4.78 is 0. The molecule has 23 heavy (non-hydrogen) atoms. The molecule has 7 heteroatoms. The zero-order valence-electron chi connectivity index (χ0n) is 12.9. The van der Waals surface area contributed by atoms with Gasteiger partial charge in [0, 0.05) is 30.4 Å². The summed E-state index contributed by atoms with van der Waals surface area (Å²) in [6.45, 7) is 4.12. The van der Waals surface area contributed by atoms with Crippen molar-refractivity contribution in [2.75, 3.05) is 19.6 Å². The molecule has 2 heterocycles. The van der Waals surface area contributed by atoms with Crippen LogP contribution in [-0.2, 0) is 11.2 Å². The number of benzene rings is 1. The average Bonchev–Trinajstić information content (AvgIpc) is 2.93. The van der Waals surface area contributed by atoms with E-state index in [9.17, 15) is 4.79 Å². The van der Waals surface area contributed by atoms with Crippen LogP contribution in [0.3, 0.4) is 0 Å². The van der Waals surface area contributed by atoms with Crippen LogP contribution in [0.15, 0.2) is 30.3 Å². The Balaban J connectivity index is 0.00000192. The molecule has 1 amide bonds. The standard InChI is InChI=1S/C16H19ClN4O.ClH/c1-11-8-12(20-19-11)9-16(22)21-7-6-18-10-15(21)13-4-2-3-5-14(13)17;/h2-5,8,15,18H,6-7,9-10H2,1H3,(H,19,20);1H. The zero-order chi connectivity index (χ0) is 15.5. The molecule has 0 radical (unpaired) electrons. The Morgan fingerprint density at radius 1 is 1.43 bits per heavy atom. The molecule has 1 aliphatic rings. The molecule has 1 aromatic carbocycles. The van der Waals surface area contributed by atoms with Gasteiger partial charge in [0.2, 0.25) is 5.91 Å². The topological polar surface area (TPSA) is 61.0 Å². The number of carbonyl (C=O) groups excluding carboxylic acids is 1. The van der Waals surface area contributed by atoms with Crippen LogP contribution in [0.5, 0.6) is 0 Å². The van der Waals surface area contributed by atoms with Crippen molar-refractivity contribution in [3.63, 3.8) is 0 Å². The first kappa shape index (κ1) is 17.8. The lowest BCUT2D eigenvalue weighted by Gasteiger charge is -2.37. The number of hydrogen-bond donors (Lipinski definition) is 2. The van der Waals surface area contributed by atoms with Gasteiger partial charge in [-0.1, -0.05) is 29.8 Å². The molecule has 2 N–H and O–H groups in total. The van der Waals surface area contributed by atoms with E-state index in [-0.39, 0.29) is 24.4 Å². The van der Waals surface area contributed by atoms with Gasteiger partial charge in [-0.15, -0.1) is 12.4 Å². The first-order valence-corrected chi connectivity index (χ1v) is 7.78. The maximum absolute atomic E-state index is 12.7. The van der Waals surface area contributed by atoms with Crippen molar-refractivity contribution in [3.05, 3.63) is 52.3 Å². The van der Waals surface area contributed by atoms with Gasteiger partial charge >= 0.3 is 0 Å². The first-order chi connectivity index (χ1) is 10.6. The number of nitrogens with one attached hydrogen (secondary N) is 2. The average molecular weight is 355 g/mol. The van der Waals surface area contributed by atoms with Crippen LogP contribution in [0.1, 0.15) is 23.0 Å². The Kier molecular flexibility index (Phi) is 6.04. The predicted octanol–water partition coefficient (Wildman–Crippen LogP) is 2.51. The summed E-state index contributed by atoms with van der Waals surface area (Å²) in [5.74, 6) is 0.0814. The van der Waals surface area contributed by atoms with E-state index in [1.54, 1.807) is 0 Å². The normalized spacial score (nSPS) is 17.7. The van der Waals surface area contributed by atoms with E-state index in [2.05, 4.69) is 15.5 Å². The Labute approximate surface area is 146 Å². The van der Waals surface area contributed by atoms with E-state index in [1.807, 2.05) is 42.2 Å². The third kappa shape index (κ3) is 4.05. The predicted molar refractivity (Wildman–Crippen MR) is 93.1 cm³/mol. The summed E-state index contributed by atoms with van der Waals surface area (Å²) in [4.78, 5) is 14.6. The van der Waals surface area contributed by atoms with Crippen molar-refractivity contribution in [2.24, 2.45) is 0 Å². The van der Waals surface area contributed by atoms with E-state index in [0.29, 0.717) is 18.0 Å². The third-order valence-electron chi connectivity index (χ3n) is 3.92. The Morgan fingerprint density at radius 3 is 2.91 bits per heavy atom. The first-order valence-electron chi connectivity index (χ1n) is 7.40. The van der Waals surface area contributed by atoms with Gasteiger partial charge in [-0.3, -0.25) is 9.89 Å². The van der Waals surface area contributed by atoms with Crippen LogP contribution in [-0.4, -0.2) is 40.6 Å². The van der Waals surface area contributed by atoms with Crippen LogP contribution >= 0.6 is 24.0 Å². The highest BCUT2D eigenvalue weighted by atomic mass is 35.5. The SMILES string of the molecule is Cc1cc(CC(=O)N2CCNCC2c2ccccc2Cl)n[nH]1.Cl. The maximum Gasteiger partial charge on any atom is 0.229 e. The summed E-state index contributed by atoms with van der Waals surface area (Å²) in [6.07, 6.45) is 0.311. The highest BCUT2D eigenvalue weighted by molar-refractivity contribution is 6.31. The molecule has 1 aliphatic heterocycles. The Hall–Kier alpha value is -1.56. The lowest BCUT2D eigenvalue weighted by atomic mass is 10.0. The molecule has 1 unspecified atom stereocenters. The van der Waals surface area contributed by atoms with Gasteiger partial charge in [-0.2, -0.15) is 5.10 Å². The number of nitrogens with zero attached hydrogens (tertiary/aromatic N) is 2. The minimum atomic E-state index is -0.0324. The van der Waals surface area contributed by atoms with Crippen molar-refractivity contribution in [1.82, 2.24) is 20.4 Å². The summed E-state index contributed by atoms with van der Waals surface area (Å²) in [5.41, 5.74) is 2.73. The third-order valence-corrected chi connectivity index (χ3v) is 4.26. The number of H-pyrrole nitrogens is 1. The van der Waals surface area contributed by atoms with Crippen LogP contribution < -0.4 is 5.32 Å². The van der Waals surface area contributed by atoms with Crippen molar-refractivity contribution in [3.8, 4) is 0 Å². The van der Waals surface area contributed by atoms with E-state index in [4.69, 9.17) is 11.6 Å². The minimum Gasteiger partial charge on any atom is -0.333 e.